The zero-order valence-corrected chi connectivity index (χ0v) is 17.8. The van der Waals surface area contributed by atoms with Crippen molar-refractivity contribution in [2.75, 3.05) is 13.2 Å². The molecule has 0 heterocycles. The number of fused-ring (bicyclic) bond motifs is 3. The van der Waals surface area contributed by atoms with Crippen LogP contribution in [0.3, 0.4) is 0 Å². The highest BCUT2D eigenvalue weighted by Crippen LogP contribution is 2.44. The van der Waals surface area contributed by atoms with Crippen LogP contribution in [-0.2, 0) is 14.3 Å². The zero-order valence-electron chi connectivity index (χ0n) is 17.8. The lowest BCUT2D eigenvalue weighted by Crippen LogP contribution is -2.46. The summed E-state index contributed by atoms with van der Waals surface area (Å²) in [6.45, 7) is 3.98. The van der Waals surface area contributed by atoms with Crippen LogP contribution in [0.5, 0.6) is 0 Å². The van der Waals surface area contributed by atoms with Crippen LogP contribution in [0.25, 0.3) is 11.1 Å². The third kappa shape index (κ3) is 5.63. The van der Waals surface area contributed by atoms with Gasteiger partial charge in [-0.2, -0.15) is 0 Å². The minimum absolute atomic E-state index is 0.0294. The van der Waals surface area contributed by atoms with E-state index in [2.05, 4.69) is 22.8 Å². The van der Waals surface area contributed by atoms with E-state index in [0.29, 0.717) is 13.0 Å². The van der Waals surface area contributed by atoms with Crippen molar-refractivity contribution in [1.82, 2.24) is 10.6 Å². The minimum Gasteiger partial charge on any atom is -0.481 e. The number of amides is 2. The van der Waals surface area contributed by atoms with Crippen molar-refractivity contribution in [2.45, 2.75) is 38.6 Å². The van der Waals surface area contributed by atoms with Gasteiger partial charge in [0.25, 0.3) is 0 Å². The van der Waals surface area contributed by atoms with Crippen LogP contribution in [0.4, 0.5) is 4.79 Å². The Morgan fingerprint density at radius 1 is 1.00 bits per heavy atom. The van der Waals surface area contributed by atoms with E-state index in [0.717, 1.165) is 22.3 Å². The first-order valence-corrected chi connectivity index (χ1v) is 10.5. The summed E-state index contributed by atoms with van der Waals surface area (Å²) in [5, 5.41) is 14.0. The lowest BCUT2D eigenvalue weighted by atomic mass is 9.98. The molecule has 2 aromatic rings. The highest BCUT2D eigenvalue weighted by atomic mass is 16.5. The van der Waals surface area contributed by atoms with E-state index in [1.807, 2.05) is 43.3 Å². The van der Waals surface area contributed by atoms with Crippen molar-refractivity contribution in [1.29, 1.82) is 0 Å². The fraction of sp³-hybridized carbons (Fsp3) is 0.375. The quantitative estimate of drug-likeness (QED) is 0.571. The van der Waals surface area contributed by atoms with E-state index in [1.165, 1.54) is 0 Å². The van der Waals surface area contributed by atoms with Crippen molar-refractivity contribution in [2.24, 2.45) is 5.92 Å². The average Bonchev–Trinajstić information content (AvgIpc) is 3.08. The molecule has 1 aliphatic rings. The van der Waals surface area contributed by atoms with Gasteiger partial charge >= 0.3 is 12.1 Å². The maximum atomic E-state index is 12.3. The highest BCUT2D eigenvalue weighted by Gasteiger charge is 2.29. The molecule has 1 unspecified atom stereocenters. The molecule has 31 heavy (non-hydrogen) atoms. The number of hydrogen-bond acceptors (Lipinski definition) is 4. The van der Waals surface area contributed by atoms with Crippen LogP contribution in [0.2, 0.25) is 0 Å². The molecule has 0 aromatic heterocycles. The van der Waals surface area contributed by atoms with Gasteiger partial charge in [-0.1, -0.05) is 55.5 Å². The Morgan fingerprint density at radius 3 is 2.16 bits per heavy atom. The molecule has 7 heteroatoms. The van der Waals surface area contributed by atoms with Crippen LogP contribution in [0, 0.1) is 5.92 Å². The monoisotopic (exact) mass is 424 g/mol. The molecule has 1 aliphatic carbocycles. The molecule has 0 spiro atoms. The Kier molecular flexibility index (Phi) is 7.28. The number of aliphatic carboxylic acids is 1. The SMILES string of the molecule is CC(CCC(=O)O)CNC(=O)[C@H](C)NC(=O)OCC1c2ccccc2-c2ccccc21. The molecule has 2 aromatic carbocycles. The van der Waals surface area contributed by atoms with Crippen LogP contribution in [0.1, 0.15) is 43.7 Å². The summed E-state index contributed by atoms with van der Waals surface area (Å²) in [5.41, 5.74) is 4.55. The largest absolute Gasteiger partial charge is 0.481 e. The molecule has 0 fully saturated rings. The van der Waals surface area contributed by atoms with Gasteiger partial charge in [-0.05, 0) is 41.5 Å². The van der Waals surface area contributed by atoms with Crippen LogP contribution in [-0.4, -0.2) is 42.3 Å². The smallest absolute Gasteiger partial charge is 0.407 e. The Balaban J connectivity index is 1.49. The Hall–Kier alpha value is -3.35. The Labute approximate surface area is 181 Å². The number of alkyl carbamates (subject to hydrolysis) is 1. The van der Waals surface area contributed by atoms with Gasteiger partial charge in [0.2, 0.25) is 5.91 Å². The number of ether oxygens (including phenoxy) is 1. The molecular weight excluding hydrogens is 396 g/mol. The Bertz CT molecular complexity index is 913. The maximum absolute atomic E-state index is 12.3. The first-order chi connectivity index (χ1) is 14.9. The molecule has 0 radical (unpaired) electrons. The zero-order chi connectivity index (χ0) is 22.4. The summed E-state index contributed by atoms with van der Waals surface area (Å²) in [7, 11) is 0. The summed E-state index contributed by atoms with van der Waals surface area (Å²) in [6.07, 6.45) is -0.113. The second-order valence-electron chi connectivity index (χ2n) is 7.97. The van der Waals surface area contributed by atoms with E-state index in [1.54, 1.807) is 6.92 Å². The molecule has 3 N–H and O–H groups in total. The molecule has 0 aliphatic heterocycles. The number of carbonyl (C=O) groups excluding carboxylic acids is 2. The fourth-order valence-corrected chi connectivity index (χ4v) is 3.78. The third-order valence-electron chi connectivity index (χ3n) is 5.55. The number of rotatable bonds is 9. The number of carboxylic acid groups (broad SMARTS) is 1. The first kappa shape index (κ1) is 22.3. The van der Waals surface area contributed by atoms with Crippen molar-refractivity contribution in [3.63, 3.8) is 0 Å². The van der Waals surface area contributed by atoms with E-state index in [4.69, 9.17) is 9.84 Å². The van der Waals surface area contributed by atoms with Crippen molar-refractivity contribution >= 4 is 18.0 Å². The number of hydrogen-bond donors (Lipinski definition) is 3. The number of nitrogens with one attached hydrogen (secondary N) is 2. The molecule has 2 amide bonds. The number of benzene rings is 2. The maximum Gasteiger partial charge on any atom is 0.407 e. The lowest BCUT2D eigenvalue weighted by molar-refractivity contribution is -0.137. The van der Waals surface area contributed by atoms with Crippen molar-refractivity contribution < 1.29 is 24.2 Å². The van der Waals surface area contributed by atoms with E-state index < -0.39 is 18.1 Å². The fourth-order valence-electron chi connectivity index (χ4n) is 3.78. The van der Waals surface area contributed by atoms with Gasteiger partial charge in [0.05, 0.1) is 0 Å². The van der Waals surface area contributed by atoms with Gasteiger partial charge in [-0.25, -0.2) is 4.79 Å². The molecule has 0 bridgehead atoms. The predicted molar refractivity (Wildman–Crippen MR) is 117 cm³/mol. The van der Waals surface area contributed by atoms with Crippen molar-refractivity contribution in [3.05, 3.63) is 59.7 Å². The second-order valence-corrected chi connectivity index (χ2v) is 7.97. The normalized spacial score (nSPS) is 14.1. The minimum atomic E-state index is -0.858. The standard InChI is InChI=1S/C24H28N2O5/c1-15(11-12-22(27)28)13-25-23(29)16(2)26-24(30)31-14-21-19-9-5-3-7-17(19)18-8-4-6-10-20(18)21/h3-10,15-16,21H,11-14H2,1-2H3,(H,25,29)(H,26,30)(H,27,28)/t15?,16-/m0/s1. The molecule has 7 nitrogen and oxygen atoms in total. The molecule has 2 atom stereocenters. The summed E-state index contributed by atoms with van der Waals surface area (Å²) < 4.78 is 5.46. The van der Waals surface area contributed by atoms with E-state index >= 15 is 0 Å². The van der Waals surface area contributed by atoms with Gasteiger partial charge < -0.3 is 20.5 Å². The van der Waals surface area contributed by atoms with E-state index in [-0.39, 0.29) is 30.8 Å². The molecule has 0 saturated carbocycles. The molecule has 3 rings (SSSR count). The van der Waals surface area contributed by atoms with Crippen LogP contribution in [0.15, 0.2) is 48.5 Å². The predicted octanol–water partition coefficient (Wildman–Crippen LogP) is 3.53. The number of carbonyl (C=O) groups is 3. The summed E-state index contributed by atoms with van der Waals surface area (Å²) >= 11 is 0. The van der Waals surface area contributed by atoms with Crippen LogP contribution >= 0.6 is 0 Å². The summed E-state index contributed by atoms with van der Waals surface area (Å²) in [5.74, 6) is -1.21. The first-order valence-electron chi connectivity index (χ1n) is 10.5. The average molecular weight is 424 g/mol. The molecular formula is C24H28N2O5. The van der Waals surface area contributed by atoms with Gasteiger partial charge in [-0.3, -0.25) is 9.59 Å². The van der Waals surface area contributed by atoms with E-state index in [9.17, 15) is 14.4 Å². The lowest BCUT2D eigenvalue weighted by Gasteiger charge is -2.18. The van der Waals surface area contributed by atoms with Gasteiger partial charge in [-0.15, -0.1) is 0 Å². The van der Waals surface area contributed by atoms with Crippen molar-refractivity contribution in [3.8, 4) is 11.1 Å². The van der Waals surface area contributed by atoms with Gasteiger partial charge in [0, 0.05) is 18.9 Å². The highest BCUT2D eigenvalue weighted by molar-refractivity contribution is 5.85. The summed E-state index contributed by atoms with van der Waals surface area (Å²) in [4.78, 5) is 35.1. The van der Waals surface area contributed by atoms with Crippen LogP contribution < -0.4 is 10.6 Å². The van der Waals surface area contributed by atoms with Gasteiger partial charge in [0.1, 0.15) is 12.6 Å². The number of carboxylic acids is 1. The topological polar surface area (TPSA) is 105 Å². The second kappa shape index (κ2) is 10.1. The van der Waals surface area contributed by atoms with Gasteiger partial charge in [0.15, 0.2) is 0 Å². The molecule has 164 valence electrons. The molecule has 0 saturated heterocycles. The summed E-state index contributed by atoms with van der Waals surface area (Å²) in [6, 6.07) is 15.4. The Morgan fingerprint density at radius 2 is 1.58 bits per heavy atom. The third-order valence-corrected chi connectivity index (χ3v) is 5.55.